The largest absolute Gasteiger partial charge is 0.328 e. The molecule has 0 aromatic carbocycles. The maximum atomic E-state index is 4.30. The first kappa shape index (κ1) is 9.74. The van der Waals surface area contributed by atoms with Gasteiger partial charge in [-0.3, -0.25) is 0 Å². The quantitative estimate of drug-likeness (QED) is 0.859. The predicted octanol–water partition coefficient (Wildman–Crippen LogP) is 1.68. The third kappa shape index (κ3) is 2.60. The molecule has 3 nitrogen and oxygen atoms in total. The summed E-state index contributed by atoms with van der Waals surface area (Å²) < 4.78 is 2.83. The van der Waals surface area contributed by atoms with Crippen molar-refractivity contribution in [1.29, 1.82) is 0 Å². The molecule has 1 aromatic rings. The van der Waals surface area contributed by atoms with E-state index in [0.717, 1.165) is 17.0 Å². The van der Waals surface area contributed by atoms with Gasteiger partial charge >= 0.3 is 0 Å². The second kappa shape index (κ2) is 4.05. The molecule has 1 N–H and O–H groups in total. The van der Waals surface area contributed by atoms with E-state index >= 15 is 0 Å². The summed E-state index contributed by atoms with van der Waals surface area (Å²) in [7, 11) is 1.97. The minimum Gasteiger partial charge on any atom is -0.328 e. The maximum Gasteiger partial charge on any atom is 0.177 e. The van der Waals surface area contributed by atoms with Gasteiger partial charge in [-0.05, 0) is 15.9 Å². The Labute approximate surface area is 81.3 Å². The highest BCUT2D eigenvalue weighted by atomic mass is 79.9. The lowest BCUT2D eigenvalue weighted by Gasteiger charge is -2.04. The molecule has 0 saturated carbocycles. The van der Waals surface area contributed by atoms with Crippen molar-refractivity contribution in [2.24, 2.45) is 7.05 Å². The first-order valence-corrected chi connectivity index (χ1v) is 4.80. The average Bonchev–Trinajstić information content (AvgIpc) is 2.28. The van der Waals surface area contributed by atoms with Gasteiger partial charge in [-0.25, -0.2) is 4.98 Å². The Bertz CT molecular complexity index is 235. The van der Waals surface area contributed by atoms with E-state index in [1.807, 2.05) is 17.8 Å². The van der Waals surface area contributed by atoms with Gasteiger partial charge in [0.1, 0.15) is 0 Å². The smallest absolute Gasteiger partial charge is 0.177 e. The summed E-state index contributed by atoms with van der Waals surface area (Å²) in [6.45, 7) is 5.08. The van der Waals surface area contributed by atoms with Crippen LogP contribution in [0.4, 0.5) is 0 Å². The zero-order chi connectivity index (χ0) is 9.14. The van der Waals surface area contributed by atoms with Crippen molar-refractivity contribution < 1.29 is 0 Å². The molecule has 0 amide bonds. The minimum absolute atomic E-state index is 0.505. The molecule has 0 unspecified atom stereocenters. The number of nitrogens with one attached hydrogen (secondary N) is 1. The number of aromatic nitrogens is 2. The number of halogens is 1. The van der Waals surface area contributed by atoms with Crippen molar-refractivity contribution in [3.05, 3.63) is 16.6 Å². The summed E-state index contributed by atoms with van der Waals surface area (Å²) in [4.78, 5) is 4.30. The molecule has 0 saturated heterocycles. The fourth-order valence-corrected chi connectivity index (χ4v) is 1.23. The van der Waals surface area contributed by atoms with Crippen LogP contribution in [-0.2, 0) is 13.6 Å². The molecule has 1 heterocycles. The molecule has 0 aliphatic carbocycles. The van der Waals surface area contributed by atoms with E-state index in [9.17, 15) is 0 Å². The average molecular weight is 232 g/mol. The molecule has 0 aliphatic heterocycles. The molecular formula is C8H14BrN3. The molecule has 0 radical (unpaired) electrons. The zero-order valence-corrected chi connectivity index (χ0v) is 9.22. The van der Waals surface area contributed by atoms with Crippen LogP contribution in [0.3, 0.4) is 0 Å². The summed E-state index contributed by atoms with van der Waals surface area (Å²) in [5.74, 6) is 0. The van der Waals surface area contributed by atoms with Crippen molar-refractivity contribution in [1.82, 2.24) is 14.9 Å². The number of nitrogens with zero attached hydrogens (tertiary/aromatic N) is 2. The van der Waals surface area contributed by atoms with Crippen LogP contribution in [0.2, 0.25) is 0 Å². The lowest BCUT2D eigenvalue weighted by atomic mass is 10.3. The molecule has 4 heteroatoms. The summed E-state index contributed by atoms with van der Waals surface area (Å²) in [6.07, 6.45) is 2.01. The lowest BCUT2D eigenvalue weighted by molar-refractivity contribution is 0.582. The van der Waals surface area contributed by atoms with Crippen LogP contribution < -0.4 is 5.32 Å². The van der Waals surface area contributed by atoms with E-state index in [2.05, 4.69) is 40.1 Å². The Hall–Kier alpha value is -0.350. The first-order valence-electron chi connectivity index (χ1n) is 4.00. The highest BCUT2D eigenvalue weighted by Crippen LogP contribution is 2.07. The first-order chi connectivity index (χ1) is 5.59. The van der Waals surface area contributed by atoms with Crippen LogP contribution in [0.1, 0.15) is 19.5 Å². The van der Waals surface area contributed by atoms with E-state index in [4.69, 9.17) is 0 Å². The summed E-state index contributed by atoms with van der Waals surface area (Å²) >= 11 is 3.35. The van der Waals surface area contributed by atoms with Crippen LogP contribution in [0.25, 0.3) is 0 Å². The molecule has 68 valence electrons. The molecular weight excluding hydrogens is 218 g/mol. The molecule has 1 rings (SSSR count). The van der Waals surface area contributed by atoms with Crippen LogP contribution in [-0.4, -0.2) is 15.6 Å². The Morgan fingerprint density at radius 1 is 1.67 bits per heavy atom. The topological polar surface area (TPSA) is 29.9 Å². The van der Waals surface area contributed by atoms with Crippen LogP contribution >= 0.6 is 15.9 Å². The Balaban J connectivity index is 2.53. The van der Waals surface area contributed by atoms with Gasteiger partial charge in [0.05, 0.1) is 5.69 Å². The number of rotatable bonds is 3. The molecule has 0 aliphatic rings. The third-order valence-corrected chi connectivity index (χ3v) is 2.30. The van der Waals surface area contributed by atoms with Gasteiger partial charge in [-0.1, -0.05) is 13.8 Å². The van der Waals surface area contributed by atoms with Gasteiger partial charge in [0.2, 0.25) is 0 Å². The van der Waals surface area contributed by atoms with Crippen molar-refractivity contribution in [3.8, 4) is 0 Å². The molecule has 0 fully saturated rings. The highest BCUT2D eigenvalue weighted by Gasteiger charge is 2.01. The van der Waals surface area contributed by atoms with Crippen LogP contribution in [0.5, 0.6) is 0 Å². The Kier molecular flexibility index (Phi) is 3.29. The summed E-state index contributed by atoms with van der Waals surface area (Å²) in [5, 5.41) is 3.31. The Morgan fingerprint density at radius 2 is 2.33 bits per heavy atom. The molecule has 12 heavy (non-hydrogen) atoms. The second-order valence-corrected chi connectivity index (χ2v) is 3.86. The van der Waals surface area contributed by atoms with E-state index < -0.39 is 0 Å². The van der Waals surface area contributed by atoms with Crippen LogP contribution in [0.15, 0.2) is 10.9 Å². The van der Waals surface area contributed by atoms with E-state index in [1.54, 1.807) is 0 Å². The third-order valence-electron chi connectivity index (χ3n) is 1.56. The summed E-state index contributed by atoms with van der Waals surface area (Å²) in [6, 6.07) is 0.505. The normalized spacial score (nSPS) is 11.1. The molecule has 1 aromatic heterocycles. The van der Waals surface area contributed by atoms with Crippen molar-refractivity contribution in [2.45, 2.75) is 26.4 Å². The maximum absolute atomic E-state index is 4.30. The van der Waals surface area contributed by atoms with E-state index in [0.29, 0.717) is 6.04 Å². The molecule has 0 bridgehead atoms. The number of hydrogen-bond acceptors (Lipinski definition) is 2. The van der Waals surface area contributed by atoms with Gasteiger partial charge in [0, 0.05) is 25.8 Å². The predicted molar refractivity (Wildman–Crippen MR) is 52.9 cm³/mol. The van der Waals surface area contributed by atoms with Crippen molar-refractivity contribution in [3.63, 3.8) is 0 Å². The fraction of sp³-hybridized carbons (Fsp3) is 0.625. The second-order valence-electron chi connectivity index (χ2n) is 3.15. The highest BCUT2D eigenvalue weighted by molar-refractivity contribution is 9.10. The minimum atomic E-state index is 0.505. The Morgan fingerprint density at radius 3 is 2.75 bits per heavy atom. The fourth-order valence-electron chi connectivity index (χ4n) is 0.897. The van der Waals surface area contributed by atoms with E-state index in [-0.39, 0.29) is 0 Å². The number of hydrogen-bond donors (Lipinski definition) is 1. The molecule has 0 atom stereocenters. The SMILES string of the molecule is CC(C)NCc1cn(C)c(Br)n1. The van der Waals surface area contributed by atoms with Crippen LogP contribution in [0, 0.1) is 0 Å². The van der Waals surface area contributed by atoms with Gasteiger partial charge in [-0.15, -0.1) is 0 Å². The van der Waals surface area contributed by atoms with Crippen molar-refractivity contribution in [2.75, 3.05) is 0 Å². The van der Waals surface area contributed by atoms with Gasteiger partial charge in [-0.2, -0.15) is 0 Å². The van der Waals surface area contributed by atoms with Gasteiger partial charge < -0.3 is 9.88 Å². The standard InChI is InChI=1S/C8H14BrN3/c1-6(2)10-4-7-5-12(3)8(9)11-7/h5-6,10H,4H2,1-3H3. The number of imidazole rings is 1. The van der Waals surface area contributed by atoms with Gasteiger partial charge in [0.25, 0.3) is 0 Å². The van der Waals surface area contributed by atoms with Gasteiger partial charge in [0.15, 0.2) is 4.73 Å². The summed E-state index contributed by atoms with van der Waals surface area (Å²) in [5.41, 5.74) is 1.07. The molecule has 0 spiro atoms. The lowest BCUT2D eigenvalue weighted by Crippen LogP contribution is -2.21. The number of aryl methyl sites for hydroxylation is 1. The van der Waals surface area contributed by atoms with Crippen molar-refractivity contribution >= 4 is 15.9 Å². The van der Waals surface area contributed by atoms with E-state index in [1.165, 1.54) is 0 Å². The monoisotopic (exact) mass is 231 g/mol. The zero-order valence-electron chi connectivity index (χ0n) is 7.63.